The van der Waals surface area contributed by atoms with Gasteiger partial charge in [-0.2, -0.15) is 0 Å². The summed E-state index contributed by atoms with van der Waals surface area (Å²) in [5, 5.41) is 3.67. The molecular weight excluding hydrogens is 252 g/mol. The fourth-order valence-electron chi connectivity index (χ4n) is 3.10. The van der Waals surface area contributed by atoms with Gasteiger partial charge in [-0.1, -0.05) is 0 Å². The zero-order chi connectivity index (χ0) is 15.0. The van der Waals surface area contributed by atoms with Crippen LogP contribution < -0.4 is 5.32 Å². The number of piperidine rings is 2. The summed E-state index contributed by atoms with van der Waals surface area (Å²) in [7, 11) is 0. The van der Waals surface area contributed by atoms with E-state index in [1.165, 1.54) is 12.8 Å². The fraction of sp³-hybridized carbons (Fsp3) is 0.938. The Morgan fingerprint density at radius 2 is 1.70 bits per heavy atom. The van der Waals surface area contributed by atoms with E-state index < -0.39 is 5.60 Å². The number of rotatable bonds is 0. The average molecular weight is 282 g/mol. The molecule has 116 valence electrons. The van der Waals surface area contributed by atoms with Gasteiger partial charge < -0.3 is 15.0 Å². The molecule has 0 aromatic carbocycles. The molecule has 0 radical (unpaired) electrons. The van der Waals surface area contributed by atoms with Crippen LogP contribution in [0.5, 0.6) is 0 Å². The monoisotopic (exact) mass is 282 g/mol. The molecule has 2 fully saturated rings. The maximum absolute atomic E-state index is 12.1. The van der Waals surface area contributed by atoms with E-state index in [9.17, 15) is 4.79 Å². The predicted molar refractivity (Wildman–Crippen MR) is 80.8 cm³/mol. The molecule has 1 amide bonds. The summed E-state index contributed by atoms with van der Waals surface area (Å²) < 4.78 is 5.46. The quantitative estimate of drug-likeness (QED) is 0.742. The summed E-state index contributed by atoms with van der Waals surface area (Å²) in [5.41, 5.74) is 0.268. The van der Waals surface area contributed by atoms with Crippen molar-refractivity contribution in [2.24, 2.45) is 5.41 Å². The highest BCUT2D eigenvalue weighted by atomic mass is 16.6. The molecule has 1 N–H and O–H groups in total. The predicted octanol–water partition coefficient (Wildman–Crippen LogP) is 3.17. The highest BCUT2D eigenvalue weighted by molar-refractivity contribution is 5.68. The molecule has 0 aromatic rings. The van der Waals surface area contributed by atoms with Crippen LogP contribution in [0.15, 0.2) is 0 Å². The van der Waals surface area contributed by atoms with Crippen molar-refractivity contribution in [3.63, 3.8) is 0 Å². The molecule has 0 aliphatic carbocycles. The Labute approximate surface area is 123 Å². The van der Waals surface area contributed by atoms with E-state index in [1.54, 1.807) is 0 Å². The van der Waals surface area contributed by atoms with Crippen LogP contribution in [0, 0.1) is 5.41 Å². The van der Waals surface area contributed by atoms with Gasteiger partial charge in [0.05, 0.1) is 0 Å². The van der Waals surface area contributed by atoms with Crippen LogP contribution in [-0.2, 0) is 4.74 Å². The van der Waals surface area contributed by atoms with Crippen LogP contribution in [0.2, 0.25) is 0 Å². The number of amides is 1. The fourth-order valence-corrected chi connectivity index (χ4v) is 3.10. The third-order valence-electron chi connectivity index (χ3n) is 4.70. The first-order valence-corrected chi connectivity index (χ1v) is 7.84. The van der Waals surface area contributed by atoms with Crippen molar-refractivity contribution in [1.82, 2.24) is 10.2 Å². The van der Waals surface area contributed by atoms with Gasteiger partial charge in [-0.05, 0) is 65.7 Å². The topological polar surface area (TPSA) is 41.6 Å². The number of ether oxygens (including phenoxy) is 1. The zero-order valence-corrected chi connectivity index (χ0v) is 13.7. The van der Waals surface area contributed by atoms with Crippen molar-refractivity contribution in [1.29, 1.82) is 0 Å². The third-order valence-corrected chi connectivity index (χ3v) is 4.70. The molecule has 0 saturated carbocycles. The summed E-state index contributed by atoms with van der Waals surface area (Å²) in [6.45, 7) is 13.1. The van der Waals surface area contributed by atoms with Gasteiger partial charge in [0.15, 0.2) is 0 Å². The van der Waals surface area contributed by atoms with Gasteiger partial charge in [0.2, 0.25) is 0 Å². The van der Waals surface area contributed by atoms with Gasteiger partial charge in [-0.15, -0.1) is 0 Å². The maximum atomic E-state index is 12.1. The van der Waals surface area contributed by atoms with Crippen LogP contribution in [-0.4, -0.2) is 41.8 Å². The Kier molecular flexibility index (Phi) is 4.07. The molecule has 2 aliphatic rings. The first-order valence-electron chi connectivity index (χ1n) is 7.84. The van der Waals surface area contributed by atoms with Crippen molar-refractivity contribution in [3.8, 4) is 0 Å². The van der Waals surface area contributed by atoms with Crippen LogP contribution in [0.3, 0.4) is 0 Å². The summed E-state index contributed by atoms with van der Waals surface area (Å²) in [4.78, 5) is 13.9. The molecule has 4 nitrogen and oxygen atoms in total. The second-order valence-electron chi connectivity index (χ2n) is 8.20. The molecule has 2 rings (SSSR count). The Balaban J connectivity index is 1.85. The highest BCUT2D eigenvalue weighted by Crippen LogP contribution is 2.40. The molecule has 0 atom stereocenters. The number of carbonyl (C=O) groups excluding carboxylic acids is 1. The molecule has 0 bridgehead atoms. The zero-order valence-electron chi connectivity index (χ0n) is 13.7. The van der Waals surface area contributed by atoms with E-state index >= 15 is 0 Å². The largest absolute Gasteiger partial charge is 0.444 e. The van der Waals surface area contributed by atoms with Crippen LogP contribution in [0.4, 0.5) is 4.79 Å². The number of carbonyl (C=O) groups is 1. The molecular formula is C16H30N2O2. The molecule has 2 saturated heterocycles. The third kappa shape index (κ3) is 3.87. The van der Waals surface area contributed by atoms with E-state index in [-0.39, 0.29) is 11.6 Å². The molecule has 2 heterocycles. The molecule has 0 unspecified atom stereocenters. The average Bonchev–Trinajstić information content (AvgIpc) is 2.32. The van der Waals surface area contributed by atoms with Crippen LogP contribution in [0.1, 0.15) is 60.3 Å². The lowest BCUT2D eigenvalue weighted by Crippen LogP contribution is -2.55. The van der Waals surface area contributed by atoms with Gasteiger partial charge in [-0.25, -0.2) is 4.79 Å². The molecule has 4 heteroatoms. The first kappa shape index (κ1) is 15.6. The number of hydrogen-bond acceptors (Lipinski definition) is 3. The number of nitrogens with one attached hydrogen (secondary N) is 1. The van der Waals surface area contributed by atoms with Crippen molar-refractivity contribution >= 4 is 6.09 Å². The van der Waals surface area contributed by atoms with E-state index in [2.05, 4.69) is 19.2 Å². The van der Waals surface area contributed by atoms with Crippen molar-refractivity contribution in [2.75, 3.05) is 19.6 Å². The van der Waals surface area contributed by atoms with Crippen LogP contribution in [0.25, 0.3) is 0 Å². The van der Waals surface area contributed by atoms with E-state index in [0.29, 0.717) is 5.41 Å². The number of likely N-dealkylation sites (tertiary alicyclic amines) is 1. The molecule has 2 aliphatic heterocycles. The van der Waals surface area contributed by atoms with Crippen molar-refractivity contribution in [3.05, 3.63) is 0 Å². The normalized spacial score (nSPS) is 25.6. The number of hydrogen-bond donors (Lipinski definition) is 1. The van der Waals surface area contributed by atoms with Gasteiger partial charge in [0, 0.05) is 25.2 Å². The van der Waals surface area contributed by atoms with Gasteiger partial charge in [0.25, 0.3) is 0 Å². The second kappa shape index (κ2) is 5.21. The lowest BCUT2D eigenvalue weighted by atomic mass is 9.69. The standard InChI is InChI=1S/C16H30N2O2/c1-14(2,3)20-13(19)18-10-8-16(9-11-18)7-6-15(4,5)17-12-16/h17H,6-12H2,1-5H3. The Morgan fingerprint density at radius 3 is 2.15 bits per heavy atom. The second-order valence-corrected chi connectivity index (χ2v) is 8.20. The van der Waals surface area contributed by atoms with Crippen LogP contribution >= 0.6 is 0 Å². The minimum Gasteiger partial charge on any atom is -0.444 e. The molecule has 20 heavy (non-hydrogen) atoms. The molecule has 0 aromatic heterocycles. The minimum absolute atomic E-state index is 0.156. The van der Waals surface area contributed by atoms with Gasteiger partial charge in [0.1, 0.15) is 5.60 Å². The van der Waals surface area contributed by atoms with Gasteiger partial charge in [-0.3, -0.25) is 0 Å². The lowest BCUT2D eigenvalue weighted by molar-refractivity contribution is 0.00210. The summed E-state index contributed by atoms with van der Waals surface area (Å²) in [5.74, 6) is 0. The maximum Gasteiger partial charge on any atom is 0.410 e. The smallest absolute Gasteiger partial charge is 0.410 e. The van der Waals surface area contributed by atoms with E-state index in [0.717, 1.165) is 32.5 Å². The highest BCUT2D eigenvalue weighted by Gasteiger charge is 2.41. The molecule has 1 spiro atoms. The van der Waals surface area contributed by atoms with E-state index in [4.69, 9.17) is 4.74 Å². The minimum atomic E-state index is -0.400. The number of nitrogens with zero attached hydrogens (tertiary/aromatic N) is 1. The lowest BCUT2D eigenvalue weighted by Gasteiger charge is -2.48. The SMILES string of the molecule is CC1(C)CCC2(CCN(C(=O)OC(C)(C)C)CC2)CN1. The Bertz CT molecular complexity index is 351. The summed E-state index contributed by atoms with van der Waals surface area (Å²) in [6, 6.07) is 0. The Morgan fingerprint density at radius 1 is 1.10 bits per heavy atom. The summed E-state index contributed by atoms with van der Waals surface area (Å²) in [6.07, 6.45) is 4.52. The summed E-state index contributed by atoms with van der Waals surface area (Å²) >= 11 is 0. The van der Waals surface area contributed by atoms with Gasteiger partial charge >= 0.3 is 6.09 Å². The van der Waals surface area contributed by atoms with Crippen molar-refractivity contribution < 1.29 is 9.53 Å². The van der Waals surface area contributed by atoms with Crippen molar-refractivity contribution in [2.45, 2.75) is 71.4 Å². The van der Waals surface area contributed by atoms with E-state index in [1.807, 2.05) is 25.7 Å². The Hall–Kier alpha value is -0.770. The first-order chi connectivity index (χ1) is 9.11.